The molecule has 4 aromatic rings. The number of thioether (sulfide) groups is 1. The molecule has 35 heavy (non-hydrogen) atoms. The number of pyridine rings is 1. The van der Waals surface area contributed by atoms with E-state index in [-0.39, 0.29) is 11.3 Å². The van der Waals surface area contributed by atoms with Crippen LogP contribution in [0.25, 0.3) is 5.76 Å². The van der Waals surface area contributed by atoms with Crippen LogP contribution in [-0.4, -0.2) is 32.0 Å². The van der Waals surface area contributed by atoms with Crippen molar-refractivity contribution in [3.63, 3.8) is 0 Å². The van der Waals surface area contributed by atoms with E-state index in [1.165, 1.54) is 33.6 Å². The smallest absolute Gasteiger partial charge is 0.301 e. The highest BCUT2D eigenvalue weighted by Gasteiger charge is 2.48. The summed E-state index contributed by atoms with van der Waals surface area (Å²) in [4.78, 5) is 31.8. The number of benzene rings is 2. The van der Waals surface area contributed by atoms with Gasteiger partial charge in [-0.2, -0.15) is 0 Å². The fraction of sp³-hybridized carbons (Fsp3) is 0.115. The first-order chi connectivity index (χ1) is 17.0. The number of anilines is 1. The molecule has 1 amide bonds. The van der Waals surface area contributed by atoms with Gasteiger partial charge in [0.1, 0.15) is 5.76 Å². The van der Waals surface area contributed by atoms with Crippen LogP contribution >= 0.6 is 23.1 Å². The second-order valence-corrected chi connectivity index (χ2v) is 10.1. The average molecular weight is 501 g/mol. The molecule has 1 saturated heterocycles. The predicted molar refractivity (Wildman–Crippen MR) is 136 cm³/mol. The minimum atomic E-state index is -0.869. The second kappa shape index (κ2) is 9.81. The van der Waals surface area contributed by atoms with Gasteiger partial charge in [-0.25, -0.2) is 0 Å². The highest BCUT2D eigenvalue weighted by Crippen LogP contribution is 2.43. The van der Waals surface area contributed by atoms with Crippen molar-refractivity contribution in [2.24, 2.45) is 0 Å². The van der Waals surface area contributed by atoms with Crippen LogP contribution in [0.5, 0.6) is 0 Å². The molecule has 1 aliphatic heterocycles. The van der Waals surface area contributed by atoms with E-state index >= 15 is 0 Å². The minimum Gasteiger partial charge on any atom is -0.507 e. The van der Waals surface area contributed by atoms with Crippen LogP contribution in [-0.2, 0) is 15.3 Å². The summed E-state index contributed by atoms with van der Waals surface area (Å²) in [7, 11) is 0. The van der Waals surface area contributed by atoms with E-state index < -0.39 is 17.7 Å². The third-order valence-corrected chi connectivity index (χ3v) is 7.70. The van der Waals surface area contributed by atoms with Gasteiger partial charge in [-0.15, -0.1) is 10.2 Å². The van der Waals surface area contributed by atoms with Crippen LogP contribution in [0.3, 0.4) is 0 Å². The number of carbonyl (C=O) groups excluding carboxylic acids is 2. The van der Waals surface area contributed by atoms with Gasteiger partial charge in [-0.1, -0.05) is 89.3 Å². The lowest BCUT2D eigenvalue weighted by Crippen LogP contribution is -2.29. The summed E-state index contributed by atoms with van der Waals surface area (Å²) in [6, 6.07) is 19.6. The Morgan fingerprint density at radius 3 is 2.51 bits per heavy atom. The molecule has 5 rings (SSSR count). The lowest BCUT2D eigenvalue weighted by molar-refractivity contribution is -0.132. The number of aryl methyl sites for hydroxylation is 1. The zero-order valence-corrected chi connectivity index (χ0v) is 20.3. The summed E-state index contributed by atoms with van der Waals surface area (Å²) in [6.45, 7) is 2.04. The van der Waals surface area contributed by atoms with E-state index in [1.807, 2.05) is 13.0 Å². The average Bonchev–Trinajstić information content (AvgIpc) is 3.46. The lowest BCUT2D eigenvalue weighted by atomic mass is 9.96. The Labute approximate surface area is 210 Å². The first-order valence-corrected chi connectivity index (χ1v) is 12.6. The predicted octanol–water partition coefficient (Wildman–Crippen LogP) is 5.16. The summed E-state index contributed by atoms with van der Waals surface area (Å²) in [5.74, 6) is -1.07. The Balaban J connectivity index is 1.51. The van der Waals surface area contributed by atoms with E-state index in [0.717, 1.165) is 5.56 Å². The van der Waals surface area contributed by atoms with Crippen molar-refractivity contribution in [2.75, 3.05) is 4.90 Å². The topological polar surface area (TPSA) is 96.3 Å². The number of Topliss-reactive ketones (excluding diaryl/α,β-unsaturated/α-hetero) is 1. The Kier molecular flexibility index (Phi) is 6.43. The number of aliphatic hydroxyl groups is 1. The standard InChI is InChI=1S/C26H20N4O3S2/c1-16-9-11-17(12-10-16)15-34-26-29-28-25(35-26)30-21(19-8-5-13-27-14-19)20(23(32)24(30)33)22(31)18-6-3-2-4-7-18/h2-14,21,31H,15H2,1H3. The summed E-state index contributed by atoms with van der Waals surface area (Å²) in [6.07, 6.45) is 3.19. The van der Waals surface area contributed by atoms with Gasteiger partial charge in [0, 0.05) is 23.7 Å². The van der Waals surface area contributed by atoms with Crippen molar-refractivity contribution in [3.05, 3.63) is 107 Å². The van der Waals surface area contributed by atoms with Crippen LogP contribution in [0.2, 0.25) is 0 Å². The molecule has 3 heterocycles. The molecule has 0 radical (unpaired) electrons. The third kappa shape index (κ3) is 4.60. The van der Waals surface area contributed by atoms with Crippen molar-refractivity contribution in [2.45, 2.75) is 23.1 Å². The quantitative estimate of drug-likeness (QED) is 0.128. The van der Waals surface area contributed by atoms with E-state index in [2.05, 4.69) is 39.4 Å². The molecule has 7 nitrogen and oxygen atoms in total. The Hall–Kier alpha value is -3.82. The zero-order valence-electron chi connectivity index (χ0n) is 18.7. The molecule has 1 aliphatic rings. The Morgan fingerprint density at radius 2 is 1.80 bits per heavy atom. The molecule has 1 atom stereocenters. The van der Waals surface area contributed by atoms with Gasteiger partial charge in [0.15, 0.2) is 4.34 Å². The van der Waals surface area contributed by atoms with Crippen molar-refractivity contribution >= 4 is 45.7 Å². The lowest BCUT2D eigenvalue weighted by Gasteiger charge is -2.22. The molecule has 1 unspecified atom stereocenters. The minimum absolute atomic E-state index is 0.00161. The Bertz CT molecular complexity index is 1400. The number of carbonyl (C=O) groups is 2. The van der Waals surface area contributed by atoms with E-state index in [4.69, 9.17) is 0 Å². The maximum atomic E-state index is 13.2. The number of hydrogen-bond donors (Lipinski definition) is 1. The Morgan fingerprint density at radius 1 is 1.03 bits per heavy atom. The number of aromatic nitrogens is 3. The summed E-state index contributed by atoms with van der Waals surface area (Å²) in [5.41, 5.74) is 3.38. The number of aliphatic hydroxyl groups excluding tert-OH is 1. The van der Waals surface area contributed by atoms with Crippen LogP contribution < -0.4 is 4.90 Å². The maximum Gasteiger partial charge on any atom is 0.301 e. The van der Waals surface area contributed by atoms with E-state index in [9.17, 15) is 14.7 Å². The monoisotopic (exact) mass is 500 g/mol. The molecular formula is C26H20N4O3S2. The molecule has 1 fully saturated rings. The highest BCUT2D eigenvalue weighted by molar-refractivity contribution is 8.00. The van der Waals surface area contributed by atoms with Crippen molar-refractivity contribution in [3.8, 4) is 0 Å². The summed E-state index contributed by atoms with van der Waals surface area (Å²) >= 11 is 2.75. The molecule has 0 aliphatic carbocycles. The number of amides is 1. The highest BCUT2D eigenvalue weighted by atomic mass is 32.2. The molecular weight excluding hydrogens is 480 g/mol. The normalized spacial score (nSPS) is 17.2. The third-order valence-electron chi connectivity index (χ3n) is 5.58. The second-order valence-electron chi connectivity index (χ2n) is 7.95. The van der Waals surface area contributed by atoms with Gasteiger partial charge in [0.25, 0.3) is 5.78 Å². The molecule has 174 valence electrons. The van der Waals surface area contributed by atoms with Gasteiger partial charge in [-0.05, 0) is 24.1 Å². The van der Waals surface area contributed by atoms with Gasteiger partial charge >= 0.3 is 5.91 Å². The maximum absolute atomic E-state index is 13.2. The van der Waals surface area contributed by atoms with Gasteiger partial charge in [-0.3, -0.25) is 19.5 Å². The fourth-order valence-electron chi connectivity index (χ4n) is 3.82. The number of nitrogens with zero attached hydrogens (tertiary/aromatic N) is 4. The largest absolute Gasteiger partial charge is 0.507 e. The van der Waals surface area contributed by atoms with E-state index in [0.29, 0.717) is 26.4 Å². The van der Waals surface area contributed by atoms with Crippen molar-refractivity contribution in [1.82, 2.24) is 15.2 Å². The van der Waals surface area contributed by atoms with E-state index in [1.54, 1.807) is 48.8 Å². The number of hydrogen-bond acceptors (Lipinski definition) is 8. The first-order valence-electron chi connectivity index (χ1n) is 10.8. The van der Waals surface area contributed by atoms with Crippen LogP contribution in [0.4, 0.5) is 5.13 Å². The molecule has 2 aromatic heterocycles. The van der Waals surface area contributed by atoms with Crippen molar-refractivity contribution < 1.29 is 14.7 Å². The van der Waals surface area contributed by atoms with Gasteiger partial charge in [0.05, 0.1) is 11.6 Å². The van der Waals surface area contributed by atoms with Crippen LogP contribution in [0.1, 0.15) is 28.3 Å². The molecule has 2 aromatic carbocycles. The SMILES string of the molecule is Cc1ccc(CSc2nnc(N3C(=O)C(=O)C(=C(O)c4ccccc4)C3c3cccnc3)s2)cc1. The number of ketones is 1. The molecule has 0 saturated carbocycles. The van der Waals surface area contributed by atoms with Crippen molar-refractivity contribution in [1.29, 1.82) is 0 Å². The van der Waals surface area contributed by atoms with Crippen LogP contribution in [0.15, 0.2) is 89.0 Å². The molecule has 9 heteroatoms. The summed E-state index contributed by atoms with van der Waals surface area (Å²) < 4.78 is 0.676. The molecule has 0 spiro atoms. The van der Waals surface area contributed by atoms with Gasteiger partial charge in [0.2, 0.25) is 5.13 Å². The first kappa shape index (κ1) is 22.9. The van der Waals surface area contributed by atoms with Crippen LogP contribution in [0, 0.1) is 6.92 Å². The fourth-order valence-corrected chi connectivity index (χ4v) is 5.65. The molecule has 1 N–H and O–H groups in total. The molecule has 0 bridgehead atoms. The number of rotatable bonds is 6. The zero-order chi connectivity index (χ0) is 24.4. The van der Waals surface area contributed by atoms with Gasteiger partial charge < -0.3 is 5.11 Å². The summed E-state index contributed by atoms with van der Waals surface area (Å²) in [5, 5.41) is 19.8.